The van der Waals surface area contributed by atoms with E-state index >= 15 is 0 Å². The molecule has 0 radical (unpaired) electrons. The quantitative estimate of drug-likeness (QED) is 0.830. The van der Waals surface area contributed by atoms with Crippen LogP contribution in [-0.2, 0) is 4.74 Å². The summed E-state index contributed by atoms with van der Waals surface area (Å²) in [4.78, 5) is 8.06. The van der Waals surface area contributed by atoms with Crippen LogP contribution in [0.25, 0.3) is 0 Å². The molecule has 1 aromatic heterocycles. The molecule has 1 atom stereocenters. The van der Waals surface area contributed by atoms with Gasteiger partial charge in [0.2, 0.25) is 5.88 Å². The smallest absolute Gasteiger partial charge is 0.233 e. The van der Waals surface area contributed by atoms with Gasteiger partial charge in [-0.15, -0.1) is 0 Å². The molecule has 1 saturated heterocycles. The molecule has 5 heteroatoms. The molecule has 4 nitrogen and oxygen atoms in total. The van der Waals surface area contributed by atoms with Gasteiger partial charge in [0, 0.05) is 6.61 Å². The zero-order valence-corrected chi connectivity index (χ0v) is 9.24. The maximum absolute atomic E-state index is 5.44. The molecule has 2 rings (SSSR count). The summed E-state index contributed by atoms with van der Waals surface area (Å²) in [5.74, 6) is 0.537. The summed E-state index contributed by atoms with van der Waals surface area (Å²) in [5, 5.41) is 0. The number of nitrogens with zero attached hydrogens (tertiary/aromatic N) is 2. The average molecular weight is 259 g/mol. The summed E-state index contributed by atoms with van der Waals surface area (Å²) in [6, 6.07) is 0. The second-order valence-corrected chi connectivity index (χ2v) is 3.94. The van der Waals surface area contributed by atoms with Crippen LogP contribution < -0.4 is 4.74 Å². The van der Waals surface area contributed by atoms with Crippen molar-refractivity contribution >= 4 is 15.9 Å². The van der Waals surface area contributed by atoms with Gasteiger partial charge in [0.15, 0.2) is 0 Å². The SMILES string of the molecule is Brc1cncc(OCC2CCCO2)n1. The molecule has 0 aromatic carbocycles. The molecule has 14 heavy (non-hydrogen) atoms. The number of rotatable bonds is 3. The van der Waals surface area contributed by atoms with Crippen molar-refractivity contribution in [3.05, 3.63) is 17.0 Å². The Hall–Kier alpha value is -0.680. The van der Waals surface area contributed by atoms with Crippen LogP contribution in [0.1, 0.15) is 12.8 Å². The van der Waals surface area contributed by atoms with Crippen molar-refractivity contribution < 1.29 is 9.47 Å². The van der Waals surface area contributed by atoms with E-state index in [1.54, 1.807) is 12.4 Å². The maximum atomic E-state index is 5.44. The lowest BCUT2D eigenvalue weighted by Crippen LogP contribution is -2.16. The van der Waals surface area contributed by atoms with Crippen LogP contribution >= 0.6 is 15.9 Å². The van der Waals surface area contributed by atoms with E-state index in [-0.39, 0.29) is 6.10 Å². The van der Waals surface area contributed by atoms with E-state index in [2.05, 4.69) is 25.9 Å². The Kier molecular flexibility index (Phi) is 3.31. The van der Waals surface area contributed by atoms with E-state index in [0.29, 0.717) is 17.1 Å². The molecule has 0 saturated carbocycles. The monoisotopic (exact) mass is 258 g/mol. The van der Waals surface area contributed by atoms with E-state index in [4.69, 9.17) is 9.47 Å². The summed E-state index contributed by atoms with van der Waals surface area (Å²) in [6.45, 7) is 1.41. The first-order chi connectivity index (χ1) is 6.84. The van der Waals surface area contributed by atoms with Gasteiger partial charge in [-0.05, 0) is 28.8 Å². The Morgan fingerprint density at radius 1 is 1.57 bits per heavy atom. The third-order valence-corrected chi connectivity index (χ3v) is 2.41. The molecule has 0 aliphatic carbocycles. The fourth-order valence-corrected chi connectivity index (χ4v) is 1.64. The zero-order valence-electron chi connectivity index (χ0n) is 7.65. The highest BCUT2D eigenvalue weighted by Gasteiger charge is 2.16. The van der Waals surface area contributed by atoms with Crippen molar-refractivity contribution in [2.45, 2.75) is 18.9 Å². The van der Waals surface area contributed by atoms with Crippen LogP contribution in [0.2, 0.25) is 0 Å². The largest absolute Gasteiger partial charge is 0.474 e. The minimum absolute atomic E-state index is 0.218. The fraction of sp³-hybridized carbons (Fsp3) is 0.556. The molecule has 2 heterocycles. The minimum atomic E-state index is 0.218. The van der Waals surface area contributed by atoms with E-state index < -0.39 is 0 Å². The Balaban J connectivity index is 1.85. The molecule has 1 aliphatic rings. The molecule has 0 spiro atoms. The summed E-state index contributed by atoms with van der Waals surface area (Å²) in [7, 11) is 0. The van der Waals surface area contributed by atoms with E-state index in [9.17, 15) is 0 Å². The third kappa shape index (κ3) is 2.65. The number of hydrogen-bond donors (Lipinski definition) is 0. The molecule has 1 fully saturated rings. The molecular formula is C9H11BrN2O2. The molecule has 0 bridgehead atoms. The summed E-state index contributed by atoms with van der Waals surface area (Å²) < 4.78 is 11.5. The van der Waals surface area contributed by atoms with E-state index in [1.165, 1.54) is 0 Å². The second-order valence-electron chi connectivity index (χ2n) is 3.13. The van der Waals surface area contributed by atoms with Crippen LogP contribution in [0.3, 0.4) is 0 Å². The average Bonchev–Trinajstić information content (AvgIpc) is 2.67. The lowest BCUT2D eigenvalue weighted by molar-refractivity contribution is 0.0661. The number of ether oxygens (including phenoxy) is 2. The van der Waals surface area contributed by atoms with Gasteiger partial charge < -0.3 is 9.47 Å². The Bertz CT molecular complexity index is 303. The topological polar surface area (TPSA) is 44.2 Å². The lowest BCUT2D eigenvalue weighted by Gasteiger charge is -2.09. The van der Waals surface area contributed by atoms with Gasteiger partial charge in [-0.25, -0.2) is 4.98 Å². The molecule has 0 amide bonds. The van der Waals surface area contributed by atoms with Crippen LogP contribution in [0, 0.1) is 0 Å². The Labute approximate surface area is 90.8 Å². The summed E-state index contributed by atoms with van der Waals surface area (Å²) in [5.41, 5.74) is 0. The van der Waals surface area contributed by atoms with Gasteiger partial charge in [-0.3, -0.25) is 4.98 Å². The van der Waals surface area contributed by atoms with Crippen LogP contribution in [0.15, 0.2) is 17.0 Å². The highest BCUT2D eigenvalue weighted by molar-refractivity contribution is 9.10. The number of halogens is 1. The minimum Gasteiger partial charge on any atom is -0.474 e. The second kappa shape index (κ2) is 4.70. The lowest BCUT2D eigenvalue weighted by atomic mass is 10.2. The standard InChI is InChI=1S/C9H11BrN2O2/c10-8-4-11-5-9(12-8)14-6-7-2-1-3-13-7/h4-5,7H,1-3,6H2. The van der Waals surface area contributed by atoms with Gasteiger partial charge in [0.05, 0.1) is 18.5 Å². The molecule has 76 valence electrons. The van der Waals surface area contributed by atoms with Crippen LogP contribution in [0.5, 0.6) is 5.88 Å². The van der Waals surface area contributed by atoms with Crippen LogP contribution in [-0.4, -0.2) is 29.3 Å². The first-order valence-electron chi connectivity index (χ1n) is 4.56. The summed E-state index contributed by atoms with van der Waals surface area (Å²) >= 11 is 3.23. The third-order valence-electron chi connectivity index (χ3n) is 2.02. The van der Waals surface area contributed by atoms with Gasteiger partial charge in [0.25, 0.3) is 0 Å². The highest BCUT2D eigenvalue weighted by atomic mass is 79.9. The normalized spacial score (nSPS) is 21.1. The number of hydrogen-bond acceptors (Lipinski definition) is 4. The van der Waals surface area contributed by atoms with Crippen molar-refractivity contribution in [2.75, 3.05) is 13.2 Å². The van der Waals surface area contributed by atoms with E-state index in [1.807, 2.05) is 0 Å². The van der Waals surface area contributed by atoms with Crippen molar-refractivity contribution in [2.24, 2.45) is 0 Å². The molecule has 1 aliphatic heterocycles. The van der Waals surface area contributed by atoms with Crippen molar-refractivity contribution in [1.82, 2.24) is 9.97 Å². The van der Waals surface area contributed by atoms with E-state index in [0.717, 1.165) is 19.4 Å². The zero-order chi connectivity index (χ0) is 9.80. The van der Waals surface area contributed by atoms with Gasteiger partial charge >= 0.3 is 0 Å². The fourth-order valence-electron chi connectivity index (χ4n) is 1.35. The first kappa shape index (κ1) is 9.86. The molecule has 1 aromatic rings. The van der Waals surface area contributed by atoms with Gasteiger partial charge in [-0.1, -0.05) is 0 Å². The van der Waals surface area contributed by atoms with Crippen molar-refractivity contribution in [1.29, 1.82) is 0 Å². The van der Waals surface area contributed by atoms with Crippen molar-refractivity contribution in [3.8, 4) is 5.88 Å². The molecule has 1 unspecified atom stereocenters. The summed E-state index contributed by atoms with van der Waals surface area (Å²) in [6.07, 6.45) is 5.63. The number of aromatic nitrogens is 2. The predicted octanol–water partition coefficient (Wildman–Crippen LogP) is 1.80. The maximum Gasteiger partial charge on any atom is 0.233 e. The Morgan fingerprint density at radius 3 is 3.21 bits per heavy atom. The van der Waals surface area contributed by atoms with Gasteiger partial charge in [-0.2, -0.15) is 0 Å². The molecule has 0 N–H and O–H groups in total. The van der Waals surface area contributed by atoms with Crippen molar-refractivity contribution in [3.63, 3.8) is 0 Å². The Morgan fingerprint density at radius 2 is 2.50 bits per heavy atom. The predicted molar refractivity (Wildman–Crippen MR) is 54.2 cm³/mol. The van der Waals surface area contributed by atoms with Gasteiger partial charge in [0.1, 0.15) is 11.2 Å². The highest BCUT2D eigenvalue weighted by Crippen LogP contribution is 2.14. The van der Waals surface area contributed by atoms with Crippen LogP contribution in [0.4, 0.5) is 0 Å². The first-order valence-corrected chi connectivity index (χ1v) is 5.36. The molecular weight excluding hydrogens is 248 g/mol.